The fourth-order valence-electron chi connectivity index (χ4n) is 1.04. The van der Waals surface area contributed by atoms with Crippen molar-refractivity contribution in [1.29, 1.82) is 0 Å². The SMILES string of the molecule is CCOC(CO)OCCCl.CCOC(CO)OCCS. The Morgan fingerprint density at radius 2 is 1.35 bits per heavy atom. The lowest BCUT2D eigenvalue weighted by atomic mass is 10.6. The molecule has 0 aliphatic rings. The van der Waals surface area contributed by atoms with E-state index >= 15 is 0 Å². The summed E-state index contributed by atoms with van der Waals surface area (Å²) in [5.74, 6) is 1.06. The van der Waals surface area contributed by atoms with Crippen LogP contribution in [0.2, 0.25) is 0 Å². The van der Waals surface area contributed by atoms with Crippen LogP contribution in [-0.2, 0) is 18.9 Å². The summed E-state index contributed by atoms with van der Waals surface area (Å²) in [6.07, 6.45) is -0.985. The highest BCUT2D eigenvalue weighted by atomic mass is 35.5. The molecule has 6 nitrogen and oxygen atoms in total. The number of thiol groups is 1. The fourth-order valence-corrected chi connectivity index (χ4v) is 1.23. The summed E-state index contributed by atoms with van der Waals surface area (Å²) >= 11 is 9.28. The fraction of sp³-hybridized carbons (Fsp3) is 1.00. The maximum atomic E-state index is 8.61. The van der Waals surface area contributed by atoms with E-state index in [1.807, 2.05) is 13.8 Å². The van der Waals surface area contributed by atoms with Gasteiger partial charge in [-0.2, -0.15) is 12.6 Å². The van der Waals surface area contributed by atoms with Crippen molar-refractivity contribution in [3.05, 3.63) is 0 Å². The lowest BCUT2D eigenvalue weighted by Crippen LogP contribution is -2.22. The molecule has 0 fully saturated rings. The van der Waals surface area contributed by atoms with E-state index in [2.05, 4.69) is 12.6 Å². The highest BCUT2D eigenvalue weighted by Crippen LogP contribution is 1.94. The number of aliphatic hydroxyl groups is 2. The van der Waals surface area contributed by atoms with E-state index in [0.717, 1.165) is 0 Å². The van der Waals surface area contributed by atoms with E-state index in [1.165, 1.54) is 0 Å². The van der Waals surface area contributed by atoms with Crippen molar-refractivity contribution in [1.82, 2.24) is 0 Å². The molecule has 2 atom stereocenters. The molecule has 0 radical (unpaired) electrons. The molecule has 124 valence electrons. The first-order valence-corrected chi connectivity index (χ1v) is 7.71. The molecule has 0 spiro atoms. The normalized spacial score (nSPS) is 13.5. The van der Waals surface area contributed by atoms with E-state index in [9.17, 15) is 0 Å². The van der Waals surface area contributed by atoms with Gasteiger partial charge in [0.2, 0.25) is 0 Å². The molecular weight excluding hydrogens is 308 g/mol. The van der Waals surface area contributed by atoms with Crippen LogP contribution in [0.1, 0.15) is 13.8 Å². The molecule has 0 amide bonds. The molecule has 0 aliphatic carbocycles. The first kappa shape index (κ1) is 22.7. The molecule has 0 rings (SSSR count). The summed E-state index contributed by atoms with van der Waals surface area (Å²) < 4.78 is 20.0. The van der Waals surface area contributed by atoms with Crippen LogP contribution in [0.4, 0.5) is 0 Å². The summed E-state index contributed by atoms with van der Waals surface area (Å²) in [6.45, 7) is 5.48. The quantitative estimate of drug-likeness (QED) is 0.279. The van der Waals surface area contributed by atoms with Gasteiger partial charge in [-0.15, -0.1) is 11.6 Å². The second-order valence-corrected chi connectivity index (χ2v) is 4.11. The average Bonchev–Trinajstić information content (AvgIpc) is 2.48. The zero-order valence-electron chi connectivity index (χ0n) is 12.2. The van der Waals surface area contributed by atoms with Crippen LogP contribution in [-0.4, -0.2) is 74.1 Å². The number of hydrogen-bond donors (Lipinski definition) is 3. The smallest absolute Gasteiger partial charge is 0.180 e. The Kier molecular flexibility index (Phi) is 22.0. The van der Waals surface area contributed by atoms with Crippen molar-refractivity contribution in [2.24, 2.45) is 0 Å². The molecule has 8 heteroatoms. The third kappa shape index (κ3) is 16.5. The van der Waals surface area contributed by atoms with E-state index in [1.54, 1.807) is 0 Å². The number of aliphatic hydroxyl groups excluding tert-OH is 2. The molecule has 20 heavy (non-hydrogen) atoms. The molecule has 0 saturated carbocycles. The highest BCUT2D eigenvalue weighted by molar-refractivity contribution is 7.80. The Morgan fingerprint density at radius 1 is 0.900 bits per heavy atom. The van der Waals surface area contributed by atoms with Gasteiger partial charge in [-0.3, -0.25) is 0 Å². The number of halogens is 1. The Bertz CT molecular complexity index is 160. The minimum absolute atomic E-state index is 0.0956. The van der Waals surface area contributed by atoms with Gasteiger partial charge in [0.25, 0.3) is 0 Å². The summed E-state index contributed by atoms with van der Waals surface area (Å²) in [4.78, 5) is 0. The number of hydrogen-bond acceptors (Lipinski definition) is 7. The van der Waals surface area contributed by atoms with Crippen molar-refractivity contribution >= 4 is 24.2 Å². The highest BCUT2D eigenvalue weighted by Gasteiger charge is 2.05. The molecule has 0 saturated heterocycles. The molecule has 0 aromatic heterocycles. The van der Waals surface area contributed by atoms with Crippen LogP contribution >= 0.6 is 24.2 Å². The van der Waals surface area contributed by atoms with Gasteiger partial charge < -0.3 is 29.2 Å². The van der Waals surface area contributed by atoms with Gasteiger partial charge in [-0.1, -0.05) is 0 Å². The van der Waals surface area contributed by atoms with Crippen LogP contribution in [0.5, 0.6) is 0 Å². The zero-order chi connectivity index (χ0) is 15.6. The maximum Gasteiger partial charge on any atom is 0.180 e. The number of alkyl halides is 1. The van der Waals surface area contributed by atoms with Gasteiger partial charge >= 0.3 is 0 Å². The van der Waals surface area contributed by atoms with Crippen molar-refractivity contribution < 1.29 is 29.2 Å². The average molecular weight is 335 g/mol. The molecule has 0 heterocycles. The van der Waals surface area contributed by atoms with Crippen LogP contribution in [0.15, 0.2) is 0 Å². The molecule has 0 aromatic carbocycles. The summed E-state index contributed by atoms with van der Waals surface area (Å²) in [6, 6.07) is 0. The largest absolute Gasteiger partial charge is 0.391 e. The molecule has 2 unspecified atom stereocenters. The summed E-state index contributed by atoms with van der Waals surface area (Å²) in [7, 11) is 0. The number of rotatable bonds is 12. The first-order valence-electron chi connectivity index (χ1n) is 6.54. The monoisotopic (exact) mass is 334 g/mol. The van der Waals surface area contributed by atoms with Gasteiger partial charge in [-0.05, 0) is 13.8 Å². The Balaban J connectivity index is 0. The number of ether oxygens (including phenoxy) is 4. The standard InChI is InChI=1S/C6H13ClO3.C6H14O3S/c1-2-9-6(5-8)10-4-3-7;1-2-8-6(5-7)9-3-4-10/h6,8H,2-5H2,1H3;6-7,10H,2-5H2,1H3. The van der Waals surface area contributed by atoms with Crippen molar-refractivity contribution in [2.45, 2.75) is 26.4 Å². The Labute approximate surface area is 131 Å². The van der Waals surface area contributed by atoms with Gasteiger partial charge in [0, 0.05) is 24.8 Å². The summed E-state index contributed by atoms with van der Waals surface area (Å²) in [5, 5.41) is 17.2. The minimum atomic E-state index is -0.510. The molecule has 0 bridgehead atoms. The first-order chi connectivity index (χ1) is 9.69. The van der Waals surface area contributed by atoms with E-state index in [4.69, 9.17) is 40.8 Å². The third-order valence-corrected chi connectivity index (χ3v) is 2.12. The molecule has 2 N–H and O–H groups in total. The second-order valence-electron chi connectivity index (χ2n) is 3.29. The maximum absolute atomic E-state index is 8.61. The van der Waals surface area contributed by atoms with E-state index in [-0.39, 0.29) is 13.2 Å². The van der Waals surface area contributed by atoms with Crippen molar-refractivity contribution in [2.75, 3.05) is 51.3 Å². The van der Waals surface area contributed by atoms with Gasteiger partial charge in [0.05, 0.1) is 26.4 Å². The molecular formula is C12H27ClO6S. The van der Waals surface area contributed by atoms with Crippen molar-refractivity contribution in [3.63, 3.8) is 0 Å². The third-order valence-electron chi connectivity index (χ3n) is 1.78. The molecule has 0 aliphatic heterocycles. The predicted molar refractivity (Wildman–Crippen MR) is 81.5 cm³/mol. The van der Waals surface area contributed by atoms with Crippen LogP contribution in [0.3, 0.4) is 0 Å². The Morgan fingerprint density at radius 3 is 1.65 bits per heavy atom. The lowest BCUT2D eigenvalue weighted by Gasteiger charge is -2.13. The molecule has 0 aromatic rings. The predicted octanol–water partition coefficient (Wildman–Crippen LogP) is 0.884. The van der Waals surface area contributed by atoms with Gasteiger partial charge in [0.15, 0.2) is 12.6 Å². The second kappa shape index (κ2) is 19.4. The van der Waals surface area contributed by atoms with E-state index in [0.29, 0.717) is 38.1 Å². The van der Waals surface area contributed by atoms with Crippen LogP contribution in [0.25, 0.3) is 0 Å². The lowest BCUT2D eigenvalue weighted by molar-refractivity contribution is -0.156. The van der Waals surface area contributed by atoms with E-state index < -0.39 is 12.6 Å². The van der Waals surface area contributed by atoms with Crippen LogP contribution in [0, 0.1) is 0 Å². The topological polar surface area (TPSA) is 77.4 Å². The zero-order valence-corrected chi connectivity index (χ0v) is 13.8. The minimum Gasteiger partial charge on any atom is -0.391 e. The van der Waals surface area contributed by atoms with Crippen molar-refractivity contribution in [3.8, 4) is 0 Å². The Hall–Kier alpha value is 0.400. The summed E-state index contributed by atoms with van der Waals surface area (Å²) in [5.41, 5.74) is 0. The van der Waals surface area contributed by atoms with Gasteiger partial charge in [0.1, 0.15) is 0 Å². The van der Waals surface area contributed by atoms with Gasteiger partial charge in [-0.25, -0.2) is 0 Å². The van der Waals surface area contributed by atoms with Crippen LogP contribution < -0.4 is 0 Å².